The molecule has 0 fully saturated rings. The van der Waals surface area contributed by atoms with Crippen molar-refractivity contribution in [1.29, 1.82) is 0 Å². The number of carboxylic acids is 1. The molecule has 0 aliphatic carbocycles. The molecule has 1 heterocycles. The molecule has 3 aromatic rings. The number of amides is 1. The molecule has 1 aromatic heterocycles. The average Bonchev–Trinajstić information content (AvgIpc) is 3.18. The van der Waals surface area contributed by atoms with Gasteiger partial charge < -0.3 is 14.8 Å². The molecule has 0 bridgehead atoms. The highest BCUT2D eigenvalue weighted by molar-refractivity contribution is 7.92. The molecule has 29 heavy (non-hydrogen) atoms. The van der Waals surface area contributed by atoms with Crippen molar-refractivity contribution in [1.82, 2.24) is 0 Å². The molecule has 0 spiro atoms. The first kappa shape index (κ1) is 20.2. The van der Waals surface area contributed by atoms with Crippen LogP contribution in [0.25, 0.3) is 0 Å². The standard InChI is InChI=1S/C20H18N2O6S/c1-12-9-14(20(24)25)10-18(13(12)2)29(26,27)22-16-6-3-5-15(11-16)21-19(23)17-7-4-8-28-17/h3-11,22H,1-2H3,(H,21,23)(H,24,25). The van der Waals surface area contributed by atoms with Gasteiger partial charge in [-0.25, -0.2) is 13.2 Å². The highest BCUT2D eigenvalue weighted by Crippen LogP contribution is 2.25. The molecule has 1 amide bonds. The van der Waals surface area contributed by atoms with Crippen molar-refractivity contribution in [2.75, 3.05) is 10.0 Å². The van der Waals surface area contributed by atoms with Crippen molar-refractivity contribution in [2.24, 2.45) is 0 Å². The lowest BCUT2D eigenvalue weighted by Gasteiger charge is -2.14. The zero-order valence-corrected chi connectivity index (χ0v) is 16.4. The normalized spacial score (nSPS) is 11.1. The van der Waals surface area contributed by atoms with E-state index in [1.165, 1.54) is 30.5 Å². The van der Waals surface area contributed by atoms with Gasteiger partial charge in [0.25, 0.3) is 15.9 Å². The van der Waals surface area contributed by atoms with E-state index in [4.69, 9.17) is 4.42 Å². The first-order chi connectivity index (χ1) is 13.7. The van der Waals surface area contributed by atoms with Crippen LogP contribution < -0.4 is 10.0 Å². The summed E-state index contributed by atoms with van der Waals surface area (Å²) in [6.45, 7) is 3.25. The van der Waals surface area contributed by atoms with E-state index < -0.39 is 21.9 Å². The number of hydrogen-bond acceptors (Lipinski definition) is 5. The van der Waals surface area contributed by atoms with Crippen molar-refractivity contribution in [3.63, 3.8) is 0 Å². The Labute approximate surface area is 167 Å². The van der Waals surface area contributed by atoms with Gasteiger partial charge in [0.2, 0.25) is 0 Å². The minimum Gasteiger partial charge on any atom is -0.478 e. The molecular weight excluding hydrogens is 396 g/mol. The number of rotatable bonds is 6. The molecule has 3 rings (SSSR count). The molecule has 0 aliphatic rings. The van der Waals surface area contributed by atoms with Gasteiger partial charge in [-0.3, -0.25) is 9.52 Å². The van der Waals surface area contributed by atoms with E-state index in [1.807, 2.05) is 0 Å². The third kappa shape index (κ3) is 4.46. The number of furan rings is 1. The van der Waals surface area contributed by atoms with E-state index >= 15 is 0 Å². The summed E-state index contributed by atoms with van der Waals surface area (Å²) in [5.74, 6) is -1.57. The molecule has 8 nitrogen and oxygen atoms in total. The first-order valence-electron chi connectivity index (χ1n) is 8.49. The fourth-order valence-corrected chi connectivity index (χ4v) is 4.09. The van der Waals surface area contributed by atoms with Crippen LogP contribution in [-0.2, 0) is 10.0 Å². The molecule has 2 aromatic carbocycles. The zero-order valence-electron chi connectivity index (χ0n) is 15.6. The number of nitrogens with one attached hydrogen (secondary N) is 2. The summed E-state index contributed by atoms with van der Waals surface area (Å²) in [6, 6.07) is 11.7. The fourth-order valence-electron chi connectivity index (χ4n) is 2.70. The number of carboxylic acid groups (broad SMARTS) is 1. The Morgan fingerprint density at radius 2 is 1.72 bits per heavy atom. The van der Waals surface area contributed by atoms with Crippen LogP contribution in [0, 0.1) is 13.8 Å². The second kappa shape index (κ2) is 7.80. The van der Waals surface area contributed by atoms with Crippen molar-refractivity contribution in [2.45, 2.75) is 18.7 Å². The van der Waals surface area contributed by atoms with E-state index in [0.29, 0.717) is 16.8 Å². The largest absolute Gasteiger partial charge is 0.478 e. The van der Waals surface area contributed by atoms with Crippen molar-refractivity contribution >= 4 is 33.3 Å². The summed E-state index contributed by atoms with van der Waals surface area (Å²) in [6.07, 6.45) is 1.37. The highest BCUT2D eigenvalue weighted by Gasteiger charge is 2.21. The Hall–Kier alpha value is -3.59. The fraction of sp³-hybridized carbons (Fsp3) is 0.100. The maximum Gasteiger partial charge on any atom is 0.335 e. The van der Waals surface area contributed by atoms with Gasteiger partial charge in [0, 0.05) is 5.69 Å². The Morgan fingerprint density at radius 3 is 2.38 bits per heavy atom. The molecular formula is C20H18N2O6S. The van der Waals surface area contributed by atoms with Gasteiger partial charge in [0.15, 0.2) is 5.76 Å². The van der Waals surface area contributed by atoms with E-state index in [9.17, 15) is 23.1 Å². The average molecular weight is 414 g/mol. The molecule has 0 unspecified atom stereocenters. The van der Waals surface area contributed by atoms with Crippen molar-refractivity contribution < 1.29 is 27.5 Å². The number of benzene rings is 2. The van der Waals surface area contributed by atoms with Gasteiger partial charge in [0.05, 0.1) is 22.4 Å². The third-order valence-corrected chi connectivity index (χ3v) is 5.78. The molecule has 9 heteroatoms. The van der Waals surface area contributed by atoms with Crippen LogP contribution in [0.1, 0.15) is 32.0 Å². The lowest BCUT2D eigenvalue weighted by molar-refractivity contribution is 0.0696. The summed E-state index contributed by atoms with van der Waals surface area (Å²) < 4.78 is 33.2. The zero-order chi connectivity index (χ0) is 21.2. The van der Waals surface area contributed by atoms with Gasteiger partial charge >= 0.3 is 5.97 Å². The molecule has 3 N–H and O–H groups in total. The van der Waals surface area contributed by atoms with Gasteiger partial charge in [-0.05, 0) is 67.4 Å². The summed E-state index contributed by atoms with van der Waals surface area (Å²) in [5.41, 5.74) is 1.45. The quantitative estimate of drug-likeness (QED) is 0.565. The second-order valence-corrected chi connectivity index (χ2v) is 7.99. The second-order valence-electron chi connectivity index (χ2n) is 6.34. The van der Waals surface area contributed by atoms with Gasteiger partial charge in [0.1, 0.15) is 0 Å². The lowest BCUT2D eigenvalue weighted by Crippen LogP contribution is -2.16. The van der Waals surface area contributed by atoms with Crippen LogP contribution in [-0.4, -0.2) is 25.4 Å². The summed E-state index contributed by atoms with van der Waals surface area (Å²) >= 11 is 0. The predicted octanol–water partition coefficient (Wildman–Crippen LogP) is 3.65. The number of sulfonamides is 1. The Kier molecular flexibility index (Phi) is 5.42. The number of aromatic carboxylic acids is 1. The summed E-state index contributed by atoms with van der Waals surface area (Å²) in [5, 5.41) is 11.8. The van der Waals surface area contributed by atoms with Gasteiger partial charge in [-0.2, -0.15) is 0 Å². The van der Waals surface area contributed by atoms with Crippen LogP contribution in [0.3, 0.4) is 0 Å². The predicted molar refractivity (Wildman–Crippen MR) is 107 cm³/mol. The minimum atomic E-state index is -4.06. The molecule has 0 atom stereocenters. The number of aryl methyl sites for hydroxylation is 1. The number of hydrogen-bond donors (Lipinski definition) is 3. The molecule has 0 saturated heterocycles. The van der Waals surface area contributed by atoms with Crippen LogP contribution in [0.4, 0.5) is 11.4 Å². The molecule has 0 aliphatic heterocycles. The molecule has 150 valence electrons. The minimum absolute atomic E-state index is 0.118. The van der Waals surface area contributed by atoms with Gasteiger partial charge in [-0.1, -0.05) is 6.07 Å². The molecule has 0 saturated carbocycles. The highest BCUT2D eigenvalue weighted by atomic mass is 32.2. The summed E-state index contributed by atoms with van der Waals surface area (Å²) in [4.78, 5) is 23.2. The Morgan fingerprint density at radius 1 is 1.00 bits per heavy atom. The Bertz CT molecular complexity index is 1180. The van der Waals surface area contributed by atoms with Crippen LogP contribution in [0.5, 0.6) is 0 Å². The number of carbonyl (C=O) groups excluding carboxylic acids is 1. The van der Waals surface area contributed by atoms with Gasteiger partial charge in [-0.15, -0.1) is 0 Å². The summed E-state index contributed by atoms with van der Waals surface area (Å²) in [7, 11) is -4.06. The van der Waals surface area contributed by atoms with E-state index in [1.54, 1.807) is 32.0 Å². The third-order valence-electron chi connectivity index (χ3n) is 4.27. The van der Waals surface area contributed by atoms with E-state index in [-0.39, 0.29) is 21.9 Å². The molecule has 0 radical (unpaired) electrons. The van der Waals surface area contributed by atoms with E-state index in [0.717, 1.165) is 6.07 Å². The van der Waals surface area contributed by atoms with Crippen molar-refractivity contribution in [3.8, 4) is 0 Å². The van der Waals surface area contributed by atoms with Crippen molar-refractivity contribution in [3.05, 3.63) is 77.2 Å². The maximum atomic E-state index is 12.9. The lowest BCUT2D eigenvalue weighted by atomic mass is 10.1. The number of anilines is 2. The van der Waals surface area contributed by atoms with E-state index in [2.05, 4.69) is 10.0 Å². The van der Waals surface area contributed by atoms with Crippen LogP contribution >= 0.6 is 0 Å². The number of carbonyl (C=O) groups is 2. The van der Waals surface area contributed by atoms with Crippen LogP contribution in [0.2, 0.25) is 0 Å². The SMILES string of the molecule is Cc1cc(C(=O)O)cc(S(=O)(=O)Nc2cccc(NC(=O)c3ccco3)c2)c1C. The van der Waals surface area contributed by atoms with Crippen LogP contribution in [0.15, 0.2) is 64.1 Å². The Balaban J connectivity index is 1.88. The first-order valence-corrected chi connectivity index (χ1v) is 9.98. The smallest absolute Gasteiger partial charge is 0.335 e. The maximum absolute atomic E-state index is 12.9. The topological polar surface area (TPSA) is 126 Å². The monoisotopic (exact) mass is 414 g/mol.